The molecule has 2 rings (SSSR count). The van der Waals surface area contributed by atoms with Gasteiger partial charge in [-0.25, -0.2) is 4.98 Å². The molecule has 0 aliphatic rings. The Balaban J connectivity index is 2.22. The largest absolute Gasteiger partial charge is 0.439 e. The van der Waals surface area contributed by atoms with E-state index in [2.05, 4.69) is 4.98 Å². The van der Waals surface area contributed by atoms with E-state index in [4.69, 9.17) is 15.1 Å². The number of hydrogen-bond donors (Lipinski definition) is 1. The van der Waals surface area contributed by atoms with E-state index in [9.17, 15) is 0 Å². The molecule has 0 spiro atoms. The van der Waals surface area contributed by atoms with E-state index < -0.39 is 0 Å². The number of aromatic nitrogens is 1. The van der Waals surface area contributed by atoms with Crippen LogP contribution in [0.1, 0.15) is 11.1 Å². The molecule has 0 fully saturated rings. The first-order valence-corrected chi connectivity index (χ1v) is 5.06. The highest BCUT2D eigenvalue weighted by molar-refractivity contribution is 5.37. The van der Waals surface area contributed by atoms with Crippen LogP contribution in [0.15, 0.2) is 42.6 Å². The second kappa shape index (κ2) is 5.10. The van der Waals surface area contributed by atoms with Crippen molar-refractivity contribution in [2.45, 2.75) is 6.61 Å². The Kier molecular flexibility index (Phi) is 3.34. The maximum absolute atomic E-state index is 9.12. The van der Waals surface area contributed by atoms with E-state index in [0.29, 0.717) is 22.8 Å². The van der Waals surface area contributed by atoms with Crippen LogP contribution in [0.3, 0.4) is 0 Å². The third-order valence-corrected chi connectivity index (χ3v) is 2.22. The smallest absolute Gasteiger partial charge is 0.224 e. The van der Waals surface area contributed by atoms with Crippen LogP contribution in [0.2, 0.25) is 0 Å². The molecule has 17 heavy (non-hydrogen) atoms. The minimum absolute atomic E-state index is 0.126. The number of nitrogens with zero attached hydrogens (tertiary/aromatic N) is 2. The van der Waals surface area contributed by atoms with E-state index in [1.165, 1.54) is 0 Å². The summed E-state index contributed by atoms with van der Waals surface area (Å²) in [5.41, 5.74) is 1.19. The van der Waals surface area contributed by atoms with Crippen molar-refractivity contribution in [3.63, 3.8) is 0 Å². The van der Waals surface area contributed by atoms with Gasteiger partial charge < -0.3 is 9.84 Å². The van der Waals surface area contributed by atoms with Gasteiger partial charge in [0.05, 0.1) is 18.2 Å². The number of benzene rings is 1. The van der Waals surface area contributed by atoms with Crippen molar-refractivity contribution in [2.75, 3.05) is 0 Å². The van der Waals surface area contributed by atoms with Gasteiger partial charge in [-0.05, 0) is 36.4 Å². The Morgan fingerprint density at radius 3 is 2.65 bits per heavy atom. The van der Waals surface area contributed by atoms with E-state index >= 15 is 0 Å². The Bertz CT molecular complexity index is 544. The average molecular weight is 226 g/mol. The zero-order valence-corrected chi connectivity index (χ0v) is 9.00. The van der Waals surface area contributed by atoms with Crippen LogP contribution in [0, 0.1) is 11.3 Å². The van der Waals surface area contributed by atoms with Crippen molar-refractivity contribution in [1.82, 2.24) is 4.98 Å². The molecule has 0 unspecified atom stereocenters. The van der Waals surface area contributed by atoms with Crippen molar-refractivity contribution in [3.8, 4) is 17.7 Å². The number of ether oxygens (including phenoxy) is 1. The molecule has 1 aromatic heterocycles. The first-order chi connectivity index (χ1) is 8.33. The van der Waals surface area contributed by atoms with Crippen molar-refractivity contribution < 1.29 is 9.84 Å². The molecule has 0 radical (unpaired) electrons. The molecule has 0 aliphatic heterocycles. The highest BCUT2D eigenvalue weighted by Crippen LogP contribution is 2.22. The maximum Gasteiger partial charge on any atom is 0.224 e. The Morgan fingerprint density at radius 1 is 1.24 bits per heavy atom. The van der Waals surface area contributed by atoms with Gasteiger partial charge in [0.2, 0.25) is 5.88 Å². The summed E-state index contributed by atoms with van der Waals surface area (Å²) in [4.78, 5) is 4.04. The SMILES string of the molecule is N#Cc1ccc(Oc2ncccc2CO)cc1. The summed E-state index contributed by atoms with van der Waals surface area (Å²) < 4.78 is 5.52. The van der Waals surface area contributed by atoms with Gasteiger partial charge in [-0.2, -0.15) is 5.26 Å². The fraction of sp³-hybridized carbons (Fsp3) is 0.0769. The zero-order valence-electron chi connectivity index (χ0n) is 9.00. The van der Waals surface area contributed by atoms with Crippen molar-refractivity contribution in [2.24, 2.45) is 0 Å². The van der Waals surface area contributed by atoms with E-state index in [1.54, 1.807) is 42.6 Å². The number of nitriles is 1. The summed E-state index contributed by atoms with van der Waals surface area (Å²) in [5, 5.41) is 17.8. The zero-order chi connectivity index (χ0) is 12.1. The van der Waals surface area contributed by atoms with Crippen LogP contribution >= 0.6 is 0 Å². The van der Waals surface area contributed by atoms with E-state index in [-0.39, 0.29) is 6.61 Å². The quantitative estimate of drug-likeness (QED) is 0.871. The fourth-order valence-electron chi connectivity index (χ4n) is 1.35. The molecule has 0 atom stereocenters. The molecule has 4 heteroatoms. The fourth-order valence-corrected chi connectivity index (χ4v) is 1.35. The van der Waals surface area contributed by atoms with Crippen LogP contribution in [0.4, 0.5) is 0 Å². The highest BCUT2D eigenvalue weighted by Gasteiger charge is 2.04. The highest BCUT2D eigenvalue weighted by atomic mass is 16.5. The Morgan fingerprint density at radius 2 is 2.00 bits per heavy atom. The lowest BCUT2D eigenvalue weighted by molar-refractivity contribution is 0.275. The third kappa shape index (κ3) is 2.60. The van der Waals surface area contributed by atoms with Gasteiger partial charge in [0.25, 0.3) is 0 Å². The first kappa shape index (κ1) is 11.1. The normalized spacial score (nSPS) is 9.65. The monoisotopic (exact) mass is 226 g/mol. The standard InChI is InChI=1S/C13H10N2O2/c14-8-10-3-5-12(6-4-10)17-13-11(9-16)2-1-7-15-13/h1-7,16H,9H2. The molecular weight excluding hydrogens is 216 g/mol. The number of aliphatic hydroxyl groups excluding tert-OH is 1. The average Bonchev–Trinajstić information content (AvgIpc) is 2.40. The van der Waals surface area contributed by atoms with E-state index in [0.717, 1.165) is 0 Å². The molecule has 1 heterocycles. The Hall–Kier alpha value is -2.38. The van der Waals surface area contributed by atoms with E-state index in [1.807, 2.05) is 6.07 Å². The third-order valence-electron chi connectivity index (χ3n) is 2.22. The first-order valence-electron chi connectivity index (χ1n) is 5.06. The topological polar surface area (TPSA) is 66.1 Å². The van der Waals surface area contributed by atoms with Gasteiger partial charge in [0, 0.05) is 11.8 Å². The summed E-state index contributed by atoms with van der Waals surface area (Å²) in [6, 6.07) is 12.2. The van der Waals surface area contributed by atoms with Crippen LogP contribution in [0.5, 0.6) is 11.6 Å². The van der Waals surface area contributed by atoms with Gasteiger partial charge in [-0.1, -0.05) is 0 Å². The molecule has 1 aromatic carbocycles. The van der Waals surface area contributed by atoms with Gasteiger partial charge >= 0.3 is 0 Å². The van der Waals surface area contributed by atoms with Gasteiger partial charge in [0.15, 0.2) is 0 Å². The molecule has 2 aromatic rings. The molecule has 1 N–H and O–H groups in total. The van der Waals surface area contributed by atoms with Crippen molar-refractivity contribution in [3.05, 3.63) is 53.7 Å². The van der Waals surface area contributed by atoms with Crippen molar-refractivity contribution in [1.29, 1.82) is 5.26 Å². The molecule has 84 valence electrons. The summed E-state index contributed by atoms with van der Waals surface area (Å²) >= 11 is 0. The minimum Gasteiger partial charge on any atom is -0.439 e. The van der Waals surface area contributed by atoms with Gasteiger partial charge in [0.1, 0.15) is 5.75 Å². The molecule has 0 saturated heterocycles. The lowest BCUT2D eigenvalue weighted by atomic mass is 10.2. The molecular formula is C13H10N2O2. The molecule has 0 bridgehead atoms. The predicted molar refractivity (Wildman–Crippen MR) is 61.4 cm³/mol. The molecule has 0 aliphatic carbocycles. The van der Waals surface area contributed by atoms with Crippen LogP contribution in [-0.4, -0.2) is 10.1 Å². The van der Waals surface area contributed by atoms with Crippen LogP contribution in [-0.2, 0) is 6.61 Å². The number of pyridine rings is 1. The summed E-state index contributed by atoms with van der Waals surface area (Å²) in [6.07, 6.45) is 1.60. The number of hydrogen-bond acceptors (Lipinski definition) is 4. The summed E-state index contributed by atoms with van der Waals surface area (Å²) in [5.74, 6) is 0.956. The number of aliphatic hydroxyl groups is 1. The second-order valence-corrected chi connectivity index (χ2v) is 3.36. The summed E-state index contributed by atoms with van der Waals surface area (Å²) in [7, 11) is 0. The maximum atomic E-state index is 9.12. The Labute approximate surface area is 98.7 Å². The minimum atomic E-state index is -0.126. The van der Waals surface area contributed by atoms with Crippen molar-refractivity contribution >= 4 is 0 Å². The lowest BCUT2D eigenvalue weighted by Gasteiger charge is -2.07. The molecule has 0 saturated carbocycles. The molecule has 0 amide bonds. The second-order valence-electron chi connectivity index (χ2n) is 3.36. The predicted octanol–water partition coefficient (Wildman–Crippen LogP) is 2.24. The van der Waals surface area contributed by atoms with Gasteiger partial charge in [-0.3, -0.25) is 0 Å². The van der Waals surface area contributed by atoms with Crippen LogP contribution in [0.25, 0.3) is 0 Å². The van der Waals surface area contributed by atoms with Gasteiger partial charge in [-0.15, -0.1) is 0 Å². The molecule has 4 nitrogen and oxygen atoms in total. The number of rotatable bonds is 3. The van der Waals surface area contributed by atoms with Crippen LogP contribution < -0.4 is 4.74 Å². The summed E-state index contributed by atoms with van der Waals surface area (Å²) in [6.45, 7) is -0.126. The lowest BCUT2D eigenvalue weighted by Crippen LogP contribution is -1.94.